The summed E-state index contributed by atoms with van der Waals surface area (Å²) in [4.78, 5) is 13.1. The molecule has 5 nitrogen and oxygen atoms in total. The number of rotatable bonds is 8. The number of hydrogen-bond donors (Lipinski definition) is 2. The van der Waals surface area contributed by atoms with Crippen LogP contribution in [0.4, 0.5) is 0 Å². The van der Waals surface area contributed by atoms with Crippen LogP contribution in [0, 0.1) is 5.92 Å². The summed E-state index contributed by atoms with van der Waals surface area (Å²) in [5.74, 6) is -1.89. The minimum Gasteiger partial charge on any atom is -0.480 e. The molecule has 3 aromatic rings. The highest BCUT2D eigenvalue weighted by Crippen LogP contribution is 2.58. The number of sulfonamides is 1. The highest BCUT2D eigenvalue weighted by Gasteiger charge is 2.70. The van der Waals surface area contributed by atoms with E-state index < -0.39 is 27.4 Å². The van der Waals surface area contributed by atoms with Gasteiger partial charge in [-0.2, -0.15) is 4.72 Å². The number of nitrogens with one attached hydrogen (secondary N) is 1. The van der Waals surface area contributed by atoms with Gasteiger partial charge in [-0.1, -0.05) is 67.6 Å². The Kier molecular flexibility index (Phi) is 5.53. The van der Waals surface area contributed by atoms with Crippen molar-refractivity contribution in [3.8, 4) is 0 Å². The zero-order valence-electron chi connectivity index (χ0n) is 16.5. The maximum atomic E-state index is 13.0. The van der Waals surface area contributed by atoms with E-state index in [4.69, 9.17) is 0 Å². The van der Waals surface area contributed by atoms with Crippen molar-refractivity contribution in [3.63, 3.8) is 0 Å². The predicted octanol–water partition coefficient (Wildman–Crippen LogP) is 4.07. The van der Waals surface area contributed by atoms with E-state index in [1.807, 2.05) is 60.7 Å². The molecule has 1 aromatic heterocycles. The van der Waals surface area contributed by atoms with Crippen LogP contribution in [-0.2, 0) is 27.7 Å². The van der Waals surface area contributed by atoms with E-state index in [-0.39, 0.29) is 10.1 Å². The lowest BCUT2D eigenvalue weighted by Crippen LogP contribution is -2.45. The van der Waals surface area contributed by atoms with E-state index >= 15 is 0 Å². The van der Waals surface area contributed by atoms with Crippen molar-refractivity contribution in [2.75, 3.05) is 0 Å². The average Bonchev–Trinajstić information content (AvgIpc) is 3.09. The first-order valence-corrected chi connectivity index (χ1v) is 12.1. The fourth-order valence-electron chi connectivity index (χ4n) is 4.12. The molecule has 1 saturated carbocycles. The van der Waals surface area contributed by atoms with Gasteiger partial charge >= 0.3 is 5.97 Å². The first-order chi connectivity index (χ1) is 14.3. The monoisotopic (exact) mass is 441 g/mol. The molecular formula is C23H23NO4S2. The van der Waals surface area contributed by atoms with E-state index in [0.717, 1.165) is 23.3 Å². The topological polar surface area (TPSA) is 83.5 Å². The van der Waals surface area contributed by atoms with Gasteiger partial charge in [0.15, 0.2) is 0 Å². The van der Waals surface area contributed by atoms with Crippen LogP contribution in [0.3, 0.4) is 0 Å². The largest absolute Gasteiger partial charge is 0.480 e. The maximum Gasteiger partial charge on any atom is 0.325 e. The van der Waals surface area contributed by atoms with Crippen LogP contribution in [0.15, 0.2) is 77.0 Å². The molecule has 156 valence electrons. The van der Waals surface area contributed by atoms with Gasteiger partial charge in [0.05, 0.1) is 0 Å². The number of benzene rings is 2. The van der Waals surface area contributed by atoms with Crippen molar-refractivity contribution >= 4 is 27.3 Å². The first-order valence-electron chi connectivity index (χ1n) is 9.79. The van der Waals surface area contributed by atoms with Gasteiger partial charge in [0, 0.05) is 10.8 Å². The number of aliphatic carboxylic acids is 1. The van der Waals surface area contributed by atoms with Crippen molar-refractivity contribution < 1.29 is 18.3 Å². The molecule has 30 heavy (non-hydrogen) atoms. The molecule has 1 fully saturated rings. The quantitative estimate of drug-likeness (QED) is 0.552. The summed E-state index contributed by atoms with van der Waals surface area (Å²) in [6.45, 7) is 1.77. The Morgan fingerprint density at radius 3 is 2.27 bits per heavy atom. The van der Waals surface area contributed by atoms with Crippen LogP contribution in [0.2, 0.25) is 0 Å². The summed E-state index contributed by atoms with van der Waals surface area (Å²) in [5.41, 5.74) is 0.495. The lowest BCUT2D eigenvalue weighted by Gasteiger charge is -2.15. The Morgan fingerprint density at radius 1 is 1.00 bits per heavy atom. The molecule has 7 heteroatoms. The summed E-state index contributed by atoms with van der Waals surface area (Å²) in [6.07, 6.45) is 1.55. The summed E-state index contributed by atoms with van der Waals surface area (Å²) in [7, 11) is -3.95. The molecular weight excluding hydrogens is 418 g/mol. The minimum absolute atomic E-state index is 0.150. The molecule has 0 aliphatic heterocycles. The molecule has 1 aliphatic carbocycles. The number of carboxylic acids is 1. The maximum absolute atomic E-state index is 13.0. The minimum atomic E-state index is -3.95. The van der Waals surface area contributed by atoms with Crippen LogP contribution < -0.4 is 4.72 Å². The predicted molar refractivity (Wildman–Crippen MR) is 117 cm³/mol. The van der Waals surface area contributed by atoms with Crippen molar-refractivity contribution in [1.29, 1.82) is 0 Å². The first kappa shape index (κ1) is 20.8. The smallest absolute Gasteiger partial charge is 0.325 e. The van der Waals surface area contributed by atoms with Gasteiger partial charge in [-0.25, -0.2) is 8.42 Å². The zero-order chi connectivity index (χ0) is 21.4. The fraction of sp³-hybridized carbons (Fsp3) is 0.261. The van der Waals surface area contributed by atoms with Crippen molar-refractivity contribution in [2.45, 2.75) is 35.4 Å². The second kappa shape index (κ2) is 7.98. The Labute approximate surface area is 180 Å². The summed E-state index contributed by atoms with van der Waals surface area (Å²) in [5, 5.41) is 9.91. The molecule has 2 aromatic carbocycles. The van der Waals surface area contributed by atoms with Crippen LogP contribution >= 0.6 is 11.3 Å². The fourth-order valence-corrected chi connectivity index (χ4v) is 6.93. The Hall–Kier alpha value is -2.48. The van der Waals surface area contributed by atoms with Crippen LogP contribution in [0.1, 0.15) is 28.8 Å². The Bertz CT molecular complexity index is 1140. The van der Waals surface area contributed by atoms with Crippen LogP contribution in [0.25, 0.3) is 0 Å². The summed E-state index contributed by atoms with van der Waals surface area (Å²) in [6, 6.07) is 22.6. The third-order valence-corrected chi connectivity index (χ3v) is 8.94. The van der Waals surface area contributed by atoms with Gasteiger partial charge in [-0.3, -0.25) is 4.79 Å². The van der Waals surface area contributed by atoms with Crippen LogP contribution in [-0.4, -0.2) is 25.0 Å². The second-order valence-electron chi connectivity index (χ2n) is 7.66. The van der Waals surface area contributed by atoms with Gasteiger partial charge in [0.1, 0.15) is 9.75 Å². The molecule has 0 radical (unpaired) electrons. The molecule has 1 heterocycles. The lowest BCUT2D eigenvalue weighted by atomic mass is 10.1. The molecule has 0 unspecified atom stereocenters. The standard InChI is InChI=1S/C23H23NO4S2/c1-16-21(18-10-6-3-7-11-18)23(16,22(25)26)24-30(27,28)20-15-14-19(29-20)13-12-17-8-4-2-5-9-17/h2-11,14-16,21,24H,12-13H2,1H3,(H,25,26)/t16-,21-,23+/m0/s1. The molecule has 0 amide bonds. The molecule has 0 spiro atoms. The normalized spacial score (nSPS) is 23.2. The van der Waals surface area contributed by atoms with Gasteiger partial charge in [0.2, 0.25) is 0 Å². The molecule has 4 rings (SSSR count). The van der Waals surface area contributed by atoms with E-state index in [9.17, 15) is 18.3 Å². The summed E-state index contributed by atoms with van der Waals surface area (Å²) < 4.78 is 28.8. The number of carbonyl (C=O) groups is 1. The SMILES string of the molecule is C[C@H]1[C@@H](c2ccccc2)[C@@]1(NS(=O)(=O)c1ccc(CCc2ccccc2)s1)C(=O)O. The third kappa shape index (κ3) is 3.80. The molecule has 1 aliphatic rings. The number of aryl methyl sites for hydroxylation is 2. The number of carboxylic acid groups (broad SMARTS) is 1. The zero-order valence-corrected chi connectivity index (χ0v) is 18.1. The highest BCUT2D eigenvalue weighted by atomic mass is 32.2. The van der Waals surface area contributed by atoms with Crippen molar-refractivity contribution in [3.05, 3.63) is 88.8 Å². The van der Waals surface area contributed by atoms with Gasteiger partial charge < -0.3 is 5.11 Å². The Morgan fingerprint density at radius 2 is 1.63 bits per heavy atom. The van der Waals surface area contributed by atoms with E-state index in [0.29, 0.717) is 0 Å². The molecule has 2 N–H and O–H groups in total. The van der Waals surface area contributed by atoms with Gasteiger partial charge in [0.25, 0.3) is 10.0 Å². The average molecular weight is 442 g/mol. The number of hydrogen-bond acceptors (Lipinski definition) is 4. The van der Waals surface area contributed by atoms with E-state index in [1.54, 1.807) is 19.1 Å². The van der Waals surface area contributed by atoms with E-state index in [2.05, 4.69) is 4.72 Å². The third-order valence-electron chi connectivity index (χ3n) is 5.82. The van der Waals surface area contributed by atoms with Crippen LogP contribution in [0.5, 0.6) is 0 Å². The van der Waals surface area contributed by atoms with Gasteiger partial charge in [-0.05, 0) is 42.0 Å². The molecule has 3 atom stereocenters. The highest BCUT2D eigenvalue weighted by molar-refractivity contribution is 7.91. The molecule has 0 bridgehead atoms. The second-order valence-corrected chi connectivity index (χ2v) is 10.7. The lowest BCUT2D eigenvalue weighted by molar-refractivity contribution is -0.140. The summed E-state index contributed by atoms with van der Waals surface area (Å²) >= 11 is 1.19. The number of thiophene rings is 1. The van der Waals surface area contributed by atoms with Crippen molar-refractivity contribution in [1.82, 2.24) is 4.72 Å². The van der Waals surface area contributed by atoms with Gasteiger partial charge in [-0.15, -0.1) is 11.3 Å². The van der Waals surface area contributed by atoms with Crippen molar-refractivity contribution in [2.24, 2.45) is 5.92 Å². The molecule has 0 saturated heterocycles. The van der Waals surface area contributed by atoms with E-state index in [1.165, 1.54) is 16.9 Å². The Balaban J connectivity index is 1.52.